The number of likely N-dealkylation sites (tertiary alicyclic amines) is 1. The van der Waals surface area contributed by atoms with Crippen LogP contribution in [0.1, 0.15) is 38.5 Å². The van der Waals surface area contributed by atoms with Crippen molar-refractivity contribution >= 4 is 6.03 Å². The standard InChI is InChI=1S/C12H23N3O/c1-13-11-7-8-15(9-11)12(16)14-10-5-3-2-4-6-10/h10-11,13H,2-9H2,1H3,(H,14,16). The van der Waals surface area contributed by atoms with E-state index in [0.717, 1.165) is 32.4 Å². The maximum absolute atomic E-state index is 12.0. The van der Waals surface area contributed by atoms with Gasteiger partial charge in [0.25, 0.3) is 0 Å². The molecule has 1 heterocycles. The summed E-state index contributed by atoms with van der Waals surface area (Å²) in [5.74, 6) is 0. The fourth-order valence-corrected chi connectivity index (χ4v) is 2.69. The topological polar surface area (TPSA) is 44.4 Å². The third-order valence-electron chi connectivity index (χ3n) is 3.82. The molecule has 1 atom stereocenters. The van der Waals surface area contributed by atoms with Gasteiger partial charge in [-0.15, -0.1) is 0 Å². The molecule has 2 aliphatic rings. The Bertz CT molecular complexity index is 238. The van der Waals surface area contributed by atoms with Crippen LogP contribution in [0.3, 0.4) is 0 Å². The molecule has 2 rings (SSSR count). The van der Waals surface area contributed by atoms with Crippen LogP contribution in [-0.2, 0) is 0 Å². The van der Waals surface area contributed by atoms with Crippen LogP contribution in [-0.4, -0.2) is 43.2 Å². The summed E-state index contributed by atoms with van der Waals surface area (Å²) in [6, 6.07) is 1.05. The summed E-state index contributed by atoms with van der Waals surface area (Å²) >= 11 is 0. The van der Waals surface area contributed by atoms with Crippen LogP contribution in [0, 0.1) is 0 Å². The number of rotatable bonds is 2. The molecule has 16 heavy (non-hydrogen) atoms. The molecule has 92 valence electrons. The number of hydrogen-bond donors (Lipinski definition) is 2. The summed E-state index contributed by atoms with van der Waals surface area (Å²) in [5.41, 5.74) is 0. The Morgan fingerprint density at radius 1 is 1.12 bits per heavy atom. The molecule has 4 nitrogen and oxygen atoms in total. The molecule has 1 saturated heterocycles. The minimum Gasteiger partial charge on any atom is -0.335 e. The summed E-state index contributed by atoms with van der Waals surface area (Å²) in [6.07, 6.45) is 7.27. The zero-order valence-corrected chi connectivity index (χ0v) is 10.2. The van der Waals surface area contributed by atoms with Gasteiger partial charge in [0.05, 0.1) is 0 Å². The monoisotopic (exact) mass is 225 g/mol. The zero-order chi connectivity index (χ0) is 11.4. The summed E-state index contributed by atoms with van der Waals surface area (Å²) in [4.78, 5) is 13.9. The van der Waals surface area contributed by atoms with E-state index in [9.17, 15) is 4.79 Å². The SMILES string of the molecule is CNC1CCN(C(=O)NC2CCCCC2)C1. The zero-order valence-electron chi connectivity index (χ0n) is 10.2. The van der Waals surface area contributed by atoms with Crippen LogP contribution in [0.2, 0.25) is 0 Å². The molecule has 1 saturated carbocycles. The minimum absolute atomic E-state index is 0.143. The predicted octanol–water partition coefficient (Wildman–Crippen LogP) is 1.32. The molecule has 0 aromatic carbocycles. The van der Waals surface area contributed by atoms with Gasteiger partial charge in [-0.25, -0.2) is 4.79 Å². The second-order valence-electron chi connectivity index (χ2n) is 5.00. The van der Waals surface area contributed by atoms with E-state index in [0.29, 0.717) is 12.1 Å². The van der Waals surface area contributed by atoms with Crippen molar-refractivity contribution in [2.45, 2.75) is 50.6 Å². The van der Waals surface area contributed by atoms with Gasteiger partial charge in [-0.2, -0.15) is 0 Å². The number of nitrogens with one attached hydrogen (secondary N) is 2. The van der Waals surface area contributed by atoms with E-state index in [4.69, 9.17) is 0 Å². The summed E-state index contributed by atoms with van der Waals surface area (Å²) in [7, 11) is 1.97. The molecular weight excluding hydrogens is 202 g/mol. The van der Waals surface area contributed by atoms with Gasteiger partial charge in [-0.05, 0) is 26.3 Å². The van der Waals surface area contributed by atoms with Crippen LogP contribution >= 0.6 is 0 Å². The number of urea groups is 1. The first kappa shape index (κ1) is 11.7. The Hall–Kier alpha value is -0.770. The minimum atomic E-state index is 0.143. The van der Waals surface area contributed by atoms with Crippen LogP contribution in [0.25, 0.3) is 0 Å². The number of hydrogen-bond acceptors (Lipinski definition) is 2. The summed E-state index contributed by atoms with van der Waals surface area (Å²) in [6.45, 7) is 1.75. The lowest BCUT2D eigenvalue weighted by molar-refractivity contribution is 0.199. The highest BCUT2D eigenvalue weighted by Crippen LogP contribution is 2.18. The predicted molar refractivity (Wildman–Crippen MR) is 64.4 cm³/mol. The van der Waals surface area contributed by atoms with Crippen LogP contribution in [0.4, 0.5) is 4.79 Å². The van der Waals surface area contributed by atoms with Crippen molar-refractivity contribution in [3.8, 4) is 0 Å². The first-order chi connectivity index (χ1) is 7.79. The molecule has 1 aliphatic carbocycles. The molecule has 0 bridgehead atoms. The Morgan fingerprint density at radius 3 is 2.50 bits per heavy atom. The van der Waals surface area contributed by atoms with Crippen molar-refractivity contribution in [1.82, 2.24) is 15.5 Å². The van der Waals surface area contributed by atoms with E-state index >= 15 is 0 Å². The molecular formula is C12H23N3O. The van der Waals surface area contributed by atoms with Crippen molar-refractivity contribution in [3.05, 3.63) is 0 Å². The second-order valence-corrected chi connectivity index (χ2v) is 5.00. The van der Waals surface area contributed by atoms with Crippen LogP contribution < -0.4 is 10.6 Å². The molecule has 2 N–H and O–H groups in total. The van der Waals surface area contributed by atoms with Gasteiger partial charge in [0.2, 0.25) is 0 Å². The van der Waals surface area contributed by atoms with E-state index in [2.05, 4.69) is 10.6 Å². The highest BCUT2D eigenvalue weighted by molar-refractivity contribution is 5.74. The van der Waals surface area contributed by atoms with Gasteiger partial charge in [0.1, 0.15) is 0 Å². The van der Waals surface area contributed by atoms with Crippen molar-refractivity contribution in [2.75, 3.05) is 20.1 Å². The number of carbonyl (C=O) groups excluding carboxylic acids is 1. The Morgan fingerprint density at radius 2 is 1.88 bits per heavy atom. The third kappa shape index (κ3) is 2.88. The molecule has 2 fully saturated rings. The average Bonchev–Trinajstić information content (AvgIpc) is 2.79. The van der Waals surface area contributed by atoms with Gasteiger partial charge >= 0.3 is 6.03 Å². The lowest BCUT2D eigenvalue weighted by atomic mass is 9.96. The molecule has 0 aromatic heterocycles. The Labute approximate surface area is 97.8 Å². The highest BCUT2D eigenvalue weighted by Gasteiger charge is 2.26. The summed E-state index contributed by atoms with van der Waals surface area (Å²) < 4.78 is 0. The lowest BCUT2D eigenvalue weighted by Crippen LogP contribution is -2.45. The smallest absolute Gasteiger partial charge is 0.317 e. The van der Waals surface area contributed by atoms with Gasteiger partial charge in [-0.3, -0.25) is 0 Å². The molecule has 0 spiro atoms. The quantitative estimate of drug-likeness (QED) is 0.744. The van der Waals surface area contributed by atoms with Crippen molar-refractivity contribution < 1.29 is 4.79 Å². The van der Waals surface area contributed by atoms with Crippen molar-refractivity contribution in [1.29, 1.82) is 0 Å². The third-order valence-corrected chi connectivity index (χ3v) is 3.82. The van der Waals surface area contributed by atoms with E-state index < -0.39 is 0 Å². The number of amides is 2. The van der Waals surface area contributed by atoms with E-state index in [1.165, 1.54) is 19.3 Å². The highest BCUT2D eigenvalue weighted by atomic mass is 16.2. The molecule has 2 amide bonds. The maximum Gasteiger partial charge on any atom is 0.317 e. The second kappa shape index (κ2) is 5.53. The Kier molecular flexibility index (Phi) is 4.04. The van der Waals surface area contributed by atoms with Crippen LogP contribution in [0.5, 0.6) is 0 Å². The average molecular weight is 225 g/mol. The van der Waals surface area contributed by atoms with E-state index in [-0.39, 0.29) is 6.03 Å². The maximum atomic E-state index is 12.0. The molecule has 4 heteroatoms. The lowest BCUT2D eigenvalue weighted by Gasteiger charge is -2.26. The fourth-order valence-electron chi connectivity index (χ4n) is 2.69. The number of nitrogens with zero attached hydrogens (tertiary/aromatic N) is 1. The normalized spacial score (nSPS) is 27.1. The first-order valence-electron chi connectivity index (χ1n) is 6.52. The fraction of sp³-hybridized carbons (Fsp3) is 0.917. The van der Waals surface area contributed by atoms with Gasteiger partial charge in [-0.1, -0.05) is 19.3 Å². The first-order valence-corrected chi connectivity index (χ1v) is 6.52. The molecule has 1 unspecified atom stereocenters. The van der Waals surface area contributed by atoms with E-state index in [1.54, 1.807) is 0 Å². The summed E-state index contributed by atoms with van der Waals surface area (Å²) in [5, 5.41) is 6.40. The van der Waals surface area contributed by atoms with Crippen LogP contribution in [0.15, 0.2) is 0 Å². The van der Waals surface area contributed by atoms with Crippen molar-refractivity contribution in [3.63, 3.8) is 0 Å². The largest absolute Gasteiger partial charge is 0.335 e. The number of likely N-dealkylation sites (N-methyl/N-ethyl adjacent to an activating group) is 1. The van der Waals surface area contributed by atoms with Gasteiger partial charge < -0.3 is 15.5 Å². The molecule has 0 radical (unpaired) electrons. The molecule has 1 aliphatic heterocycles. The Balaban J connectivity index is 1.75. The van der Waals surface area contributed by atoms with E-state index in [1.807, 2.05) is 11.9 Å². The van der Waals surface area contributed by atoms with Gasteiger partial charge in [0.15, 0.2) is 0 Å². The van der Waals surface area contributed by atoms with Gasteiger partial charge in [0, 0.05) is 25.2 Å². The number of carbonyl (C=O) groups is 1. The van der Waals surface area contributed by atoms with Crippen molar-refractivity contribution in [2.24, 2.45) is 0 Å². The molecule has 0 aromatic rings.